The summed E-state index contributed by atoms with van der Waals surface area (Å²) in [6.07, 6.45) is 2.31. The molecule has 2 heterocycles. The fourth-order valence-electron chi connectivity index (χ4n) is 3.44. The van der Waals surface area contributed by atoms with Gasteiger partial charge in [0.05, 0.1) is 0 Å². The van der Waals surface area contributed by atoms with Crippen molar-refractivity contribution >= 4 is 17.9 Å². The summed E-state index contributed by atoms with van der Waals surface area (Å²) < 4.78 is 11.2. The van der Waals surface area contributed by atoms with Crippen LogP contribution < -0.4 is 10.4 Å². The number of carbonyl (C=O) groups is 1. The Labute approximate surface area is 175 Å². The zero-order valence-corrected chi connectivity index (χ0v) is 16.3. The van der Waals surface area contributed by atoms with Gasteiger partial charge in [-0.05, 0) is 42.8 Å². The first kappa shape index (κ1) is 20.1. The Hall–Kier alpha value is -4.20. The molecule has 8 nitrogen and oxygen atoms in total. The molecule has 0 amide bonds. The number of carbonyl (C=O) groups excluding carboxylic acids is 1. The first-order valence-corrected chi connectivity index (χ1v) is 9.33. The van der Waals surface area contributed by atoms with Crippen molar-refractivity contribution in [3.05, 3.63) is 63.7 Å². The molecule has 0 spiro atoms. The lowest BCUT2D eigenvalue weighted by Gasteiger charge is -2.28. The summed E-state index contributed by atoms with van der Waals surface area (Å²) in [6.45, 7) is 1.40. The van der Waals surface area contributed by atoms with Gasteiger partial charge in [-0.15, -0.1) is 0 Å². The van der Waals surface area contributed by atoms with Crippen LogP contribution in [0.15, 0.2) is 45.6 Å². The van der Waals surface area contributed by atoms with E-state index >= 15 is 0 Å². The molecule has 0 saturated heterocycles. The second-order valence-corrected chi connectivity index (χ2v) is 7.20. The van der Waals surface area contributed by atoms with Crippen molar-refractivity contribution in [1.29, 1.82) is 0 Å². The van der Waals surface area contributed by atoms with E-state index in [1.54, 1.807) is 12.1 Å². The summed E-state index contributed by atoms with van der Waals surface area (Å²) in [5, 5.41) is 38.8. The third-order valence-corrected chi connectivity index (χ3v) is 4.88. The van der Waals surface area contributed by atoms with Gasteiger partial charge in [0.2, 0.25) is 0 Å². The largest absolute Gasteiger partial charge is 0.504 e. The minimum absolute atomic E-state index is 0.00877. The smallest absolute Gasteiger partial charge is 0.347 e. The van der Waals surface area contributed by atoms with Crippen LogP contribution in [0.4, 0.5) is 0 Å². The van der Waals surface area contributed by atoms with Gasteiger partial charge in [0.1, 0.15) is 29.0 Å². The Balaban J connectivity index is 1.79. The molecule has 1 aromatic heterocycles. The summed E-state index contributed by atoms with van der Waals surface area (Å²) in [4.78, 5) is 24.4. The second kappa shape index (κ2) is 7.56. The Morgan fingerprint density at radius 2 is 1.68 bits per heavy atom. The SMILES string of the molecule is CC(=O)CC1Oc2cc(/C=C/c3ccc(O)c(O)c3)oc(=O)c2-c2cc(O)c(O)cc21. The molecule has 1 atom stereocenters. The topological polar surface area (TPSA) is 137 Å². The normalized spacial score (nSPS) is 14.7. The van der Waals surface area contributed by atoms with Gasteiger partial charge in [-0.1, -0.05) is 12.1 Å². The van der Waals surface area contributed by atoms with Crippen molar-refractivity contribution in [3.8, 4) is 39.9 Å². The fraction of sp³-hybridized carbons (Fsp3) is 0.130. The molecule has 4 rings (SSSR count). The van der Waals surface area contributed by atoms with Gasteiger partial charge in [0.15, 0.2) is 23.0 Å². The van der Waals surface area contributed by atoms with Gasteiger partial charge >= 0.3 is 5.63 Å². The highest BCUT2D eigenvalue weighted by atomic mass is 16.5. The molecule has 0 radical (unpaired) electrons. The first-order valence-electron chi connectivity index (χ1n) is 9.33. The Morgan fingerprint density at radius 1 is 0.968 bits per heavy atom. The Morgan fingerprint density at radius 3 is 2.39 bits per heavy atom. The van der Waals surface area contributed by atoms with Crippen LogP contribution in [0.1, 0.15) is 36.3 Å². The van der Waals surface area contributed by atoms with Gasteiger partial charge in [-0.25, -0.2) is 4.79 Å². The van der Waals surface area contributed by atoms with Gasteiger partial charge < -0.3 is 29.6 Å². The van der Waals surface area contributed by atoms with Crippen LogP contribution in [0, 0.1) is 0 Å². The molecule has 2 aromatic carbocycles. The van der Waals surface area contributed by atoms with Crippen molar-refractivity contribution in [2.45, 2.75) is 19.4 Å². The van der Waals surface area contributed by atoms with Crippen LogP contribution >= 0.6 is 0 Å². The average Bonchev–Trinajstić information content (AvgIpc) is 2.69. The first-order chi connectivity index (χ1) is 14.7. The maximum absolute atomic E-state index is 12.7. The number of Topliss-reactive ketones (excluding diaryl/α,β-unsaturated/α-hetero) is 1. The molecule has 31 heavy (non-hydrogen) atoms. The third kappa shape index (κ3) is 3.83. The van der Waals surface area contributed by atoms with Crippen LogP contribution in [0.2, 0.25) is 0 Å². The maximum Gasteiger partial charge on any atom is 0.347 e. The number of ether oxygens (including phenoxy) is 1. The summed E-state index contributed by atoms with van der Waals surface area (Å²) in [5.41, 5.74) is 0.614. The highest BCUT2D eigenvalue weighted by Crippen LogP contribution is 2.46. The number of aromatic hydroxyl groups is 4. The number of fused-ring (bicyclic) bond motifs is 3. The molecule has 158 valence electrons. The predicted molar refractivity (Wildman–Crippen MR) is 111 cm³/mol. The van der Waals surface area contributed by atoms with E-state index in [2.05, 4.69) is 0 Å². The van der Waals surface area contributed by atoms with E-state index in [0.717, 1.165) is 0 Å². The number of rotatable bonds is 4. The molecule has 0 bridgehead atoms. The van der Waals surface area contributed by atoms with Crippen LogP contribution in [0.25, 0.3) is 23.3 Å². The second-order valence-electron chi connectivity index (χ2n) is 7.20. The molecule has 4 N–H and O–H groups in total. The van der Waals surface area contributed by atoms with Crippen molar-refractivity contribution < 1.29 is 34.4 Å². The van der Waals surface area contributed by atoms with Crippen molar-refractivity contribution in [1.82, 2.24) is 0 Å². The minimum atomic E-state index is -0.751. The predicted octanol–water partition coefficient (Wildman–Crippen LogP) is 3.71. The van der Waals surface area contributed by atoms with E-state index in [1.807, 2.05) is 0 Å². The number of phenols is 4. The lowest BCUT2D eigenvalue weighted by molar-refractivity contribution is -0.118. The van der Waals surface area contributed by atoms with Gasteiger partial charge in [-0.2, -0.15) is 0 Å². The lowest BCUT2D eigenvalue weighted by Crippen LogP contribution is -2.20. The summed E-state index contributed by atoms with van der Waals surface area (Å²) in [6, 6.07) is 8.22. The third-order valence-electron chi connectivity index (χ3n) is 4.88. The summed E-state index contributed by atoms with van der Waals surface area (Å²) >= 11 is 0. The number of hydrogen-bond acceptors (Lipinski definition) is 8. The molecular formula is C23H18O8. The van der Waals surface area contributed by atoms with Gasteiger partial charge in [-0.3, -0.25) is 4.79 Å². The molecule has 8 heteroatoms. The van der Waals surface area contributed by atoms with E-state index in [9.17, 15) is 30.0 Å². The molecule has 0 aliphatic carbocycles. The lowest BCUT2D eigenvalue weighted by atomic mass is 9.91. The average molecular weight is 422 g/mol. The number of hydrogen-bond donors (Lipinski definition) is 4. The molecule has 1 aliphatic heterocycles. The summed E-state index contributed by atoms with van der Waals surface area (Å²) in [7, 11) is 0. The quantitative estimate of drug-likeness (QED) is 0.467. The van der Waals surface area contributed by atoms with E-state index < -0.39 is 17.5 Å². The van der Waals surface area contributed by atoms with E-state index in [0.29, 0.717) is 16.7 Å². The number of benzene rings is 2. The highest BCUT2D eigenvalue weighted by molar-refractivity contribution is 5.81. The Kier molecular flexibility index (Phi) is 4.90. The number of phenolic OH excluding ortho intramolecular Hbond substituents is 4. The van der Waals surface area contributed by atoms with Gasteiger partial charge in [0.25, 0.3) is 0 Å². The van der Waals surface area contributed by atoms with Crippen LogP contribution in [0.5, 0.6) is 28.7 Å². The molecule has 0 saturated carbocycles. The van der Waals surface area contributed by atoms with Gasteiger partial charge in [0, 0.05) is 23.6 Å². The minimum Gasteiger partial charge on any atom is -0.504 e. The zero-order valence-electron chi connectivity index (χ0n) is 16.3. The van der Waals surface area contributed by atoms with E-state index in [4.69, 9.17) is 9.15 Å². The van der Waals surface area contributed by atoms with E-state index in [-0.39, 0.29) is 46.5 Å². The van der Waals surface area contributed by atoms with Crippen molar-refractivity contribution in [3.63, 3.8) is 0 Å². The van der Waals surface area contributed by atoms with Crippen molar-refractivity contribution in [2.75, 3.05) is 0 Å². The molecule has 1 unspecified atom stereocenters. The molecular weight excluding hydrogens is 404 g/mol. The van der Waals surface area contributed by atoms with Crippen LogP contribution in [-0.2, 0) is 4.79 Å². The monoisotopic (exact) mass is 422 g/mol. The number of ketones is 1. The van der Waals surface area contributed by atoms with Crippen LogP contribution in [-0.4, -0.2) is 26.2 Å². The van der Waals surface area contributed by atoms with E-state index in [1.165, 1.54) is 43.3 Å². The molecule has 3 aromatic rings. The van der Waals surface area contributed by atoms with Crippen molar-refractivity contribution in [2.24, 2.45) is 0 Å². The maximum atomic E-state index is 12.7. The fourth-order valence-corrected chi connectivity index (χ4v) is 3.44. The molecule has 0 fully saturated rings. The summed E-state index contributed by atoms with van der Waals surface area (Å²) in [5.74, 6) is -1.16. The highest BCUT2D eigenvalue weighted by Gasteiger charge is 2.31. The standard InChI is InChI=1S/C23H18O8/c1-11(24)6-20-14-9-18(27)19(28)10-15(14)22-21(31-20)8-13(30-23(22)29)4-2-12-3-5-16(25)17(26)7-12/h2-5,7-10,20,25-28H,6H2,1H3/b4-2+. The Bertz CT molecular complexity index is 1290. The molecule has 1 aliphatic rings. The van der Waals surface area contributed by atoms with Crippen LogP contribution in [0.3, 0.4) is 0 Å². The zero-order chi connectivity index (χ0) is 22.3.